The number of nitrogens with zero attached hydrogens (tertiary/aromatic N) is 3. The number of nitrogens with one attached hydrogen (secondary N) is 2. The molecule has 1 aromatic heterocycles. The lowest BCUT2D eigenvalue weighted by Gasteiger charge is -2.22. The maximum Gasteiger partial charge on any atom is 0.451 e. The molecule has 1 atom stereocenters. The van der Waals surface area contributed by atoms with E-state index >= 15 is 0 Å². The van der Waals surface area contributed by atoms with Gasteiger partial charge in [-0.1, -0.05) is 6.92 Å². The number of carbonyl (C=O) groups is 1. The van der Waals surface area contributed by atoms with Crippen LogP contribution in [0.1, 0.15) is 12.7 Å². The van der Waals surface area contributed by atoms with Gasteiger partial charge in [0.05, 0.1) is 5.92 Å². The smallest absolute Gasteiger partial charge is 0.373 e. The van der Waals surface area contributed by atoms with Gasteiger partial charge in [-0.2, -0.15) is 13.2 Å². The maximum absolute atomic E-state index is 12.8. The molecular formula is C12H18F3N5O. The van der Waals surface area contributed by atoms with E-state index < -0.39 is 12.0 Å². The SMILES string of the molecule is CNC(=O)C(C)CN(C)c1cc(NC)nc(C(F)(F)F)n1. The molecule has 0 aliphatic carbocycles. The lowest BCUT2D eigenvalue weighted by Crippen LogP contribution is -2.35. The van der Waals surface area contributed by atoms with Crippen LogP contribution in [0.4, 0.5) is 24.8 Å². The number of aromatic nitrogens is 2. The molecule has 9 heteroatoms. The third kappa shape index (κ3) is 4.47. The second-order valence-electron chi connectivity index (χ2n) is 4.58. The molecule has 0 saturated heterocycles. The van der Waals surface area contributed by atoms with Crippen LogP contribution in [0.25, 0.3) is 0 Å². The van der Waals surface area contributed by atoms with E-state index in [1.54, 1.807) is 14.0 Å². The van der Waals surface area contributed by atoms with Crippen molar-refractivity contribution in [3.05, 3.63) is 11.9 Å². The van der Waals surface area contributed by atoms with Gasteiger partial charge in [-0.3, -0.25) is 4.79 Å². The molecule has 0 saturated carbocycles. The molecule has 0 spiro atoms. The number of alkyl halides is 3. The quantitative estimate of drug-likeness (QED) is 0.859. The molecule has 0 aliphatic rings. The molecule has 0 radical (unpaired) electrons. The van der Waals surface area contributed by atoms with Crippen molar-refractivity contribution in [3.8, 4) is 0 Å². The molecule has 0 aromatic carbocycles. The molecule has 118 valence electrons. The Labute approximate surface area is 120 Å². The van der Waals surface area contributed by atoms with Crippen molar-refractivity contribution in [1.82, 2.24) is 15.3 Å². The first-order chi connectivity index (χ1) is 9.68. The molecule has 1 heterocycles. The highest BCUT2D eigenvalue weighted by molar-refractivity contribution is 5.78. The van der Waals surface area contributed by atoms with Gasteiger partial charge in [0.1, 0.15) is 11.6 Å². The summed E-state index contributed by atoms with van der Waals surface area (Å²) in [5.41, 5.74) is 0. The second-order valence-corrected chi connectivity index (χ2v) is 4.58. The zero-order valence-electron chi connectivity index (χ0n) is 12.2. The molecule has 0 bridgehead atoms. The first-order valence-corrected chi connectivity index (χ1v) is 6.25. The lowest BCUT2D eigenvalue weighted by atomic mass is 10.1. The highest BCUT2D eigenvalue weighted by atomic mass is 19.4. The number of amides is 1. The second kappa shape index (κ2) is 6.59. The van der Waals surface area contributed by atoms with E-state index in [0.717, 1.165) is 0 Å². The van der Waals surface area contributed by atoms with Crippen molar-refractivity contribution in [3.63, 3.8) is 0 Å². The van der Waals surface area contributed by atoms with Crippen LogP contribution < -0.4 is 15.5 Å². The fourth-order valence-corrected chi connectivity index (χ4v) is 1.72. The number of anilines is 2. The summed E-state index contributed by atoms with van der Waals surface area (Å²) in [6.45, 7) is 1.91. The van der Waals surface area contributed by atoms with Crippen LogP contribution >= 0.6 is 0 Å². The minimum Gasteiger partial charge on any atom is -0.373 e. The van der Waals surface area contributed by atoms with Gasteiger partial charge in [0.2, 0.25) is 11.7 Å². The largest absolute Gasteiger partial charge is 0.451 e. The summed E-state index contributed by atoms with van der Waals surface area (Å²) in [5, 5.41) is 5.05. The van der Waals surface area contributed by atoms with E-state index in [1.165, 1.54) is 25.1 Å². The van der Waals surface area contributed by atoms with Crippen molar-refractivity contribution in [2.24, 2.45) is 5.92 Å². The van der Waals surface area contributed by atoms with E-state index in [-0.39, 0.29) is 30.0 Å². The van der Waals surface area contributed by atoms with Crippen molar-refractivity contribution in [2.45, 2.75) is 13.1 Å². The summed E-state index contributed by atoms with van der Waals surface area (Å²) in [4.78, 5) is 19.8. The number of rotatable bonds is 5. The number of halogens is 3. The van der Waals surface area contributed by atoms with Gasteiger partial charge in [0.15, 0.2) is 0 Å². The molecule has 2 N–H and O–H groups in total. The summed E-state index contributed by atoms with van der Waals surface area (Å²) >= 11 is 0. The zero-order valence-corrected chi connectivity index (χ0v) is 12.2. The summed E-state index contributed by atoms with van der Waals surface area (Å²) in [5.74, 6) is -1.64. The molecule has 1 aromatic rings. The van der Waals surface area contributed by atoms with Crippen LogP contribution in [0.15, 0.2) is 6.07 Å². The van der Waals surface area contributed by atoms with Gasteiger partial charge in [-0.25, -0.2) is 9.97 Å². The Morgan fingerprint density at radius 2 is 2.00 bits per heavy atom. The summed E-state index contributed by atoms with van der Waals surface area (Å²) in [7, 11) is 4.55. The van der Waals surface area contributed by atoms with Crippen LogP contribution in [-0.2, 0) is 11.0 Å². The lowest BCUT2D eigenvalue weighted by molar-refractivity contribution is -0.144. The Morgan fingerprint density at radius 1 is 1.38 bits per heavy atom. The summed E-state index contributed by atoms with van der Waals surface area (Å²) < 4.78 is 38.3. The topological polar surface area (TPSA) is 70.2 Å². The van der Waals surface area contributed by atoms with Crippen molar-refractivity contribution >= 4 is 17.5 Å². The van der Waals surface area contributed by atoms with E-state index in [9.17, 15) is 18.0 Å². The minimum absolute atomic E-state index is 0.0618. The highest BCUT2D eigenvalue weighted by Crippen LogP contribution is 2.29. The first-order valence-electron chi connectivity index (χ1n) is 6.25. The molecule has 21 heavy (non-hydrogen) atoms. The normalized spacial score (nSPS) is 12.7. The van der Waals surface area contributed by atoms with Crippen LogP contribution in [0.2, 0.25) is 0 Å². The van der Waals surface area contributed by atoms with Gasteiger partial charge in [0.25, 0.3) is 0 Å². The minimum atomic E-state index is -4.63. The predicted molar refractivity (Wildman–Crippen MR) is 73.1 cm³/mol. The third-order valence-electron chi connectivity index (χ3n) is 2.86. The molecule has 0 fully saturated rings. The summed E-state index contributed by atoms with van der Waals surface area (Å²) in [6, 6.07) is 1.39. The van der Waals surface area contributed by atoms with Crippen LogP contribution in [0.3, 0.4) is 0 Å². The molecular weight excluding hydrogens is 287 g/mol. The maximum atomic E-state index is 12.8. The monoisotopic (exact) mass is 305 g/mol. The summed E-state index contributed by atoms with van der Waals surface area (Å²) in [6.07, 6.45) is -4.63. The van der Waals surface area contributed by atoms with E-state index in [4.69, 9.17) is 0 Å². The Morgan fingerprint density at radius 3 is 2.48 bits per heavy atom. The van der Waals surface area contributed by atoms with Crippen molar-refractivity contribution in [2.75, 3.05) is 37.9 Å². The number of hydrogen-bond donors (Lipinski definition) is 2. The first kappa shape index (κ1) is 17.0. The van der Waals surface area contributed by atoms with E-state index in [1.807, 2.05) is 0 Å². The number of hydrogen-bond acceptors (Lipinski definition) is 5. The van der Waals surface area contributed by atoms with Crippen LogP contribution in [0.5, 0.6) is 0 Å². The van der Waals surface area contributed by atoms with Gasteiger partial charge < -0.3 is 15.5 Å². The van der Waals surface area contributed by atoms with Crippen LogP contribution in [0, 0.1) is 5.92 Å². The average Bonchev–Trinajstić information content (AvgIpc) is 2.44. The van der Waals surface area contributed by atoms with Gasteiger partial charge in [-0.15, -0.1) is 0 Å². The zero-order chi connectivity index (χ0) is 16.2. The predicted octanol–water partition coefficient (Wildman–Crippen LogP) is 1.36. The Bertz CT molecular complexity index is 506. The van der Waals surface area contributed by atoms with Gasteiger partial charge >= 0.3 is 6.18 Å². The van der Waals surface area contributed by atoms with Gasteiger partial charge in [-0.05, 0) is 0 Å². The molecule has 1 unspecified atom stereocenters. The third-order valence-corrected chi connectivity index (χ3v) is 2.86. The highest BCUT2D eigenvalue weighted by Gasteiger charge is 2.35. The standard InChI is InChI=1S/C12H18F3N5O/c1-7(10(21)17-3)6-20(4)9-5-8(16-2)18-11(19-9)12(13,14)15/h5,7H,6H2,1-4H3,(H,17,21)(H,16,18,19). The molecule has 1 rings (SSSR count). The van der Waals surface area contributed by atoms with E-state index in [0.29, 0.717) is 0 Å². The molecule has 0 aliphatic heterocycles. The fourth-order valence-electron chi connectivity index (χ4n) is 1.72. The van der Waals surface area contributed by atoms with Gasteiger partial charge in [0, 0.05) is 33.8 Å². The Balaban J connectivity index is 3.03. The van der Waals surface area contributed by atoms with Crippen LogP contribution in [-0.4, -0.2) is 43.6 Å². The molecule has 6 nitrogen and oxygen atoms in total. The fraction of sp³-hybridized carbons (Fsp3) is 0.583. The molecule has 1 amide bonds. The van der Waals surface area contributed by atoms with E-state index in [2.05, 4.69) is 20.6 Å². The van der Waals surface area contributed by atoms with Crippen molar-refractivity contribution < 1.29 is 18.0 Å². The Kier molecular flexibility index (Phi) is 5.34. The van der Waals surface area contributed by atoms with Crippen molar-refractivity contribution in [1.29, 1.82) is 0 Å². The average molecular weight is 305 g/mol. The Hall–Kier alpha value is -2.06. The number of carbonyl (C=O) groups excluding carboxylic acids is 1.